The van der Waals surface area contributed by atoms with Gasteiger partial charge in [0.25, 0.3) is 0 Å². The highest BCUT2D eigenvalue weighted by Gasteiger charge is 2.32. The van der Waals surface area contributed by atoms with Crippen LogP contribution < -0.4 is 15.4 Å². The van der Waals surface area contributed by atoms with E-state index < -0.39 is 48.3 Å². The fraction of sp³-hybridized carbons (Fsp3) is 0.452. The number of aliphatic carboxylic acids is 1. The summed E-state index contributed by atoms with van der Waals surface area (Å²) in [6.45, 7) is 5.56. The molecule has 43 heavy (non-hydrogen) atoms. The molecule has 1 saturated heterocycles. The molecule has 3 amide bonds. The first kappa shape index (κ1) is 33.1. The summed E-state index contributed by atoms with van der Waals surface area (Å²) in [6, 6.07) is 11.4. The van der Waals surface area contributed by atoms with Crippen molar-refractivity contribution in [2.24, 2.45) is 0 Å². The summed E-state index contributed by atoms with van der Waals surface area (Å²) < 4.78 is 16.4. The van der Waals surface area contributed by atoms with E-state index in [9.17, 15) is 24.0 Å². The molecule has 0 bridgehead atoms. The second kappa shape index (κ2) is 15.1. The van der Waals surface area contributed by atoms with E-state index in [-0.39, 0.29) is 19.3 Å². The monoisotopic (exact) mass is 597 g/mol. The maximum atomic E-state index is 13.0. The second-order valence-electron chi connectivity index (χ2n) is 11.1. The zero-order valence-electron chi connectivity index (χ0n) is 24.9. The topological polar surface area (TPSA) is 161 Å². The normalized spacial score (nSPS) is 15.6. The van der Waals surface area contributed by atoms with E-state index in [1.165, 1.54) is 12.0 Å². The zero-order valence-corrected chi connectivity index (χ0v) is 24.9. The van der Waals surface area contributed by atoms with Gasteiger partial charge in [0.1, 0.15) is 30.2 Å². The van der Waals surface area contributed by atoms with Crippen LogP contribution in [0.3, 0.4) is 0 Å². The van der Waals surface area contributed by atoms with E-state index in [0.717, 1.165) is 11.1 Å². The number of aldehydes is 1. The Labute approximate surface area is 250 Å². The Bertz CT molecular complexity index is 1320. The molecule has 232 valence electrons. The van der Waals surface area contributed by atoms with Crippen LogP contribution in [0.4, 0.5) is 4.79 Å². The number of hydrogen-bond acceptors (Lipinski definition) is 8. The van der Waals surface area contributed by atoms with Crippen molar-refractivity contribution in [1.82, 2.24) is 15.5 Å². The quantitative estimate of drug-likeness (QED) is 0.312. The van der Waals surface area contributed by atoms with Gasteiger partial charge < -0.3 is 30.0 Å². The molecular formula is C31H39N3O9. The highest BCUT2D eigenvalue weighted by molar-refractivity contribution is 5.89. The minimum Gasteiger partial charge on any atom is -0.496 e. The maximum Gasteiger partial charge on any atom is 0.412 e. The molecule has 0 spiro atoms. The largest absolute Gasteiger partial charge is 0.496 e. The first-order valence-corrected chi connectivity index (χ1v) is 14.0. The van der Waals surface area contributed by atoms with Gasteiger partial charge in [-0.05, 0) is 56.0 Å². The summed E-state index contributed by atoms with van der Waals surface area (Å²) in [6.07, 6.45) is 0.362. The molecule has 12 heteroatoms. The minimum atomic E-state index is -1.22. The van der Waals surface area contributed by atoms with E-state index in [1.54, 1.807) is 51.1 Å². The van der Waals surface area contributed by atoms with Crippen LogP contribution in [0.2, 0.25) is 0 Å². The van der Waals surface area contributed by atoms with Crippen molar-refractivity contribution in [3.63, 3.8) is 0 Å². The highest BCUT2D eigenvalue weighted by atomic mass is 16.6. The molecule has 1 aliphatic heterocycles. The van der Waals surface area contributed by atoms with Crippen LogP contribution in [0.1, 0.15) is 56.0 Å². The van der Waals surface area contributed by atoms with Gasteiger partial charge in [-0.15, -0.1) is 0 Å². The Balaban J connectivity index is 1.72. The maximum absolute atomic E-state index is 13.0. The molecule has 0 radical (unpaired) electrons. The number of rotatable bonds is 12. The number of methoxy groups -OCH3 is 1. The predicted molar refractivity (Wildman–Crippen MR) is 157 cm³/mol. The van der Waals surface area contributed by atoms with Gasteiger partial charge >= 0.3 is 12.1 Å². The molecule has 3 rings (SSSR count). The van der Waals surface area contributed by atoms with Crippen LogP contribution in [0.25, 0.3) is 11.1 Å². The lowest BCUT2D eigenvalue weighted by Crippen LogP contribution is -2.50. The first-order valence-electron chi connectivity index (χ1n) is 14.0. The van der Waals surface area contributed by atoms with E-state index in [2.05, 4.69) is 10.6 Å². The van der Waals surface area contributed by atoms with Gasteiger partial charge in [-0.25, -0.2) is 4.79 Å². The lowest BCUT2D eigenvalue weighted by molar-refractivity contribution is -0.138. The third-order valence-corrected chi connectivity index (χ3v) is 6.57. The second-order valence-corrected chi connectivity index (χ2v) is 11.1. The number of nitrogens with one attached hydrogen (secondary N) is 2. The summed E-state index contributed by atoms with van der Waals surface area (Å²) >= 11 is 0. The Morgan fingerprint density at radius 3 is 2.56 bits per heavy atom. The van der Waals surface area contributed by atoms with Gasteiger partial charge in [0.2, 0.25) is 11.8 Å². The summed E-state index contributed by atoms with van der Waals surface area (Å²) in [5.74, 6) is -1.89. The number of benzene rings is 2. The number of carbonyl (C=O) groups excluding carboxylic acids is 4. The van der Waals surface area contributed by atoms with E-state index in [1.807, 2.05) is 12.1 Å². The number of ether oxygens (including phenoxy) is 3. The smallest absolute Gasteiger partial charge is 0.412 e. The standard InChI is InChI=1S/C31H39N3O9/c1-31(2,3)43-30(40)34-13-6-14-42-27(34)12-11-26(36)33-24(29(39)32-18-28(37)38)16-20-7-5-8-21(15-20)22-9-10-25(41-4)23(17-22)19-35/h5,7-10,15,17,19,24,27H,6,11-14,16,18H2,1-4H3,(H,32,39)(H,33,36)(H,37,38)/t24-,27?/m0/s1. The van der Waals surface area contributed by atoms with Crippen LogP contribution in [0, 0.1) is 0 Å². The van der Waals surface area contributed by atoms with Crippen molar-refractivity contribution in [3.8, 4) is 16.9 Å². The van der Waals surface area contributed by atoms with Gasteiger partial charge in [-0.3, -0.25) is 24.1 Å². The molecule has 0 aliphatic carbocycles. The number of carboxylic acids is 1. The molecule has 0 saturated carbocycles. The van der Waals surface area contributed by atoms with Crippen LogP contribution in [-0.4, -0.2) is 84.8 Å². The van der Waals surface area contributed by atoms with Gasteiger partial charge in [0.05, 0.1) is 19.3 Å². The molecule has 1 heterocycles. The van der Waals surface area contributed by atoms with E-state index >= 15 is 0 Å². The van der Waals surface area contributed by atoms with Gasteiger partial charge in [0.15, 0.2) is 6.29 Å². The zero-order chi connectivity index (χ0) is 31.6. The summed E-state index contributed by atoms with van der Waals surface area (Å²) in [7, 11) is 1.48. The molecule has 0 aromatic heterocycles. The van der Waals surface area contributed by atoms with Crippen LogP contribution in [-0.2, 0) is 30.3 Å². The molecule has 2 aromatic carbocycles. The summed E-state index contributed by atoms with van der Waals surface area (Å²) in [5, 5.41) is 14.1. The molecule has 2 atom stereocenters. The van der Waals surface area contributed by atoms with Gasteiger partial charge in [-0.2, -0.15) is 0 Å². The molecule has 1 aliphatic rings. The number of carbonyl (C=O) groups is 5. The molecule has 3 N–H and O–H groups in total. The first-order chi connectivity index (χ1) is 20.4. The summed E-state index contributed by atoms with van der Waals surface area (Å²) in [5.41, 5.74) is 1.92. The van der Waals surface area contributed by atoms with Crippen molar-refractivity contribution in [1.29, 1.82) is 0 Å². The average Bonchev–Trinajstić information content (AvgIpc) is 2.97. The molecule has 2 aromatic rings. The highest BCUT2D eigenvalue weighted by Crippen LogP contribution is 2.27. The van der Waals surface area contributed by atoms with Crippen LogP contribution in [0.5, 0.6) is 5.75 Å². The lowest BCUT2D eigenvalue weighted by atomic mass is 9.97. The fourth-order valence-electron chi connectivity index (χ4n) is 4.59. The Morgan fingerprint density at radius 2 is 1.88 bits per heavy atom. The third kappa shape index (κ3) is 10.1. The SMILES string of the molecule is COc1ccc(-c2cccc(C[C@H](NC(=O)CCC3OCCCN3C(=O)OC(C)(C)C)C(=O)NCC(=O)O)c2)cc1C=O. The Kier molecular flexibility index (Phi) is 11.6. The van der Waals surface area contributed by atoms with Crippen molar-refractivity contribution < 1.29 is 43.3 Å². The predicted octanol–water partition coefficient (Wildman–Crippen LogP) is 3.17. The van der Waals surface area contributed by atoms with Crippen LogP contribution in [0.15, 0.2) is 42.5 Å². The minimum absolute atomic E-state index is 0.0486. The Hall–Kier alpha value is -4.45. The lowest BCUT2D eigenvalue weighted by Gasteiger charge is -2.36. The van der Waals surface area contributed by atoms with Crippen molar-refractivity contribution in [2.75, 3.05) is 26.8 Å². The van der Waals surface area contributed by atoms with Crippen molar-refractivity contribution >= 4 is 30.2 Å². The summed E-state index contributed by atoms with van der Waals surface area (Å²) in [4.78, 5) is 62.6. The van der Waals surface area contributed by atoms with Crippen molar-refractivity contribution in [2.45, 2.75) is 64.3 Å². The number of amides is 3. The number of carboxylic acid groups (broad SMARTS) is 1. The third-order valence-electron chi connectivity index (χ3n) is 6.57. The van der Waals surface area contributed by atoms with Crippen molar-refractivity contribution in [3.05, 3.63) is 53.6 Å². The average molecular weight is 598 g/mol. The molecule has 12 nitrogen and oxygen atoms in total. The molecule has 1 fully saturated rings. The van der Waals surface area contributed by atoms with Gasteiger partial charge in [0, 0.05) is 25.8 Å². The molecule has 1 unspecified atom stereocenters. The Morgan fingerprint density at radius 1 is 1.14 bits per heavy atom. The van der Waals surface area contributed by atoms with E-state index in [0.29, 0.717) is 42.7 Å². The number of nitrogens with zero attached hydrogens (tertiary/aromatic N) is 1. The van der Waals surface area contributed by atoms with E-state index in [4.69, 9.17) is 19.3 Å². The van der Waals surface area contributed by atoms with Crippen LogP contribution >= 0.6 is 0 Å². The fourth-order valence-corrected chi connectivity index (χ4v) is 4.59. The van der Waals surface area contributed by atoms with Gasteiger partial charge in [-0.1, -0.05) is 30.3 Å². The molecular weight excluding hydrogens is 558 g/mol. The number of hydrogen-bond donors (Lipinski definition) is 3.